The molecule has 9 heteroatoms. The first kappa shape index (κ1) is 47.7. The van der Waals surface area contributed by atoms with E-state index in [-0.39, 0.29) is 6.61 Å². The number of carbonyl (C=O) groups excluding carboxylic acids is 2. The molecule has 0 aromatic heterocycles. The Morgan fingerprint density at radius 2 is 0.980 bits per heavy atom. The highest BCUT2D eigenvalue weighted by Crippen LogP contribution is 2.16. The second kappa shape index (κ2) is 33.9. The van der Waals surface area contributed by atoms with E-state index in [0.29, 0.717) is 6.54 Å². The second-order valence-corrected chi connectivity index (χ2v) is 14.4. The molecule has 2 atom stereocenters. The van der Waals surface area contributed by atoms with Crippen molar-refractivity contribution in [3.63, 3.8) is 0 Å². The molecule has 0 aliphatic heterocycles. The fourth-order valence-corrected chi connectivity index (χ4v) is 6.09. The van der Waals surface area contributed by atoms with Crippen LogP contribution in [0.1, 0.15) is 189 Å². The third-order valence-corrected chi connectivity index (χ3v) is 9.16. The van der Waals surface area contributed by atoms with Crippen molar-refractivity contribution >= 4 is 11.9 Å². The van der Waals surface area contributed by atoms with E-state index in [2.05, 4.69) is 23.6 Å². The summed E-state index contributed by atoms with van der Waals surface area (Å²) in [5.74, 6) is -1.16. The zero-order valence-corrected chi connectivity index (χ0v) is 33.2. The number of ether oxygens (including phenoxy) is 2. The summed E-state index contributed by atoms with van der Waals surface area (Å²) < 4.78 is 11.4. The molecule has 0 aromatic rings. The van der Waals surface area contributed by atoms with Crippen molar-refractivity contribution in [1.29, 1.82) is 0 Å². The van der Waals surface area contributed by atoms with Gasteiger partial charge in [0.15, 0.2) is 11.7 Å². The second-order valence-electron chi connectivity index (χ2n) is 14.4. The van der Waals surface area contributed by atoms with Gasteiger partial charge in [0.25, 0.3) is 0 Å². The van der Waals surface area contributed by atoms with Crippen molar-refractivity contribution in [1.82, 2.24) is 4.90 Å². The fraction of sp³-hybridized carbons (Fsp3) is 0.950. The smallest absolute Gasteiger partial charge is 0.341 e. The van der Waals surface area contributed by atoms with Gasteiger partial charge in [-0.05, 0) is 46.7 Å². The van der Waals surface area contributed by atoms with Gasteiger partial charge in [0, 0.05) is 6.54 Å². The minimum atomic E-state index is -1.29. The summed E-state index contributed by atoms with van der Waals surface area (Å²) in [6.45, 7) is 11.5. The van der Waals surface area contributed by atoms with Gasteiger partial charge in [-0.25, -0.2) is 29.1 Å². The lowest BCUT2D eigenvalue weighted by atomic mass is 10.0. The summed E-state index contributed by atoms with van der Waals surface area (Å²) in [4.78, 5) is 47.4. The monoisotopic (exact) mass is 702 g/mol. The third-order valence-electron chi connectivity index (χ3n) is 9.16. The van der Waals surface area contributed by atoms with Crippen molar-refractivity contribution in [3.05, 3.63) is 0 Å². The summed E-state index contributed by atoms with van der Waals surface area (Å²) in [5.41, 5.74) is -1.29. The SMILES string of the molecule is CCCCCCCCCCCCCCN(CCCCCCCCCCCCCC)CC(COC(=O)C(C)(C)OOC)OC(=O)C(C)OOC. The molecule has 0 aliphatic rings. The molecule has 0 saturated heterocycles. The quantitative estimate of drug-likeness (QED) is 0.0271. The number of unbranched alkanes of at least 4 members (excludes halogenated alkanes) is 22. The van der Waals surface area contributed by atoms with Crippen LogP contribution in [0.25, 0.3) is 0 Å². The van der Waals surface area contributed by atoms with Crippen LogP contribution in [0.15, 0.2) is 0 Å². The average Bonchev–Trinajstić information content (AvgIpc) is 3.07. The molecule has 9 nitrogen and oxygen atoms in total. The fourth-order valence-electron chi connectivity index (χ4n) is 6.09. The van der Waals surface area contributed by atoms with Gasteiger partial charge in [-0.3, -0.25) is 4.90 Å². The molecule has 0 spiro atoms. The van der Waals surface area contributed by atoms with E-state index in [1.807, 2.05) is 0 Å². The molecule has 2 unspecified atom stereocenters. The Morgan fingerprint density at radius 1 is 0.592 bits per heavy atom. The van der Waals surface area contributed by atoms with Crippen LogP contribution >= 0.6 is 0 Å². The van der Waals surface area contributed by atoms with Gasteiger partial charge < -0.3 is 9.47 Å². The largest absolute Gasteiger partial charge is 0.459 e. The van der Waals surface area contributed by atoms with E-state index in [1.165, 1.54) is 155 Å². The molecular weight excluding hydrogens is 622 g/mol. The highest BCUT2D eigenvalue weighted by molar-refractivity contribution is 5.78. The van der Waals surface area contributed by atoms with Gasteiger partial charge in [-0.2, -0.15) is 0 Å². The molecule has 0 amide bonds. The summed E-state index contributed by atoms with van der Waals surface area (Å²) in [6, 6.07) is 0. The number of rotatable bonds is 37. The van der Waals surface area contributed by atoms with Gasteiger partial charge in [-0.15, -0.1) is 0 Å². The Morgan fingerprint density at radius 3 is 1.35 bits per heavy atom. The molecule has 0 saturated carbocycles. The minimum Gasteiger partial charge on any atom is -0.459 e. The first-order valence-corrected chi connectivity index (χ1v) is 20.2. The predicted octanol–water partition coefficient (Wildman–Crippen LogP) is 10.5. The minimum absolute atomic E-state index is 0.0891. The summed E-state index contributed by atoms with van der Waals surface area (Å²) in [6.07, 6.45) is 29.8. The van der Waals surface area contributed by atoms with Crippen LogP contribution in [-0.4, -0.2) is 75.1 Å². The molecule has 0 aliphatic carbocycles. The van der Waals surface area contributed by atoms with E-state index < -0.39 is 29.7 Å². The Bertz CT molecular complexity index is 722. The molecule has 0 radical (unpaired) electrons. The first-order chi connectivity index (χ1) is 23.7. The van der Waals surface area contributed by atoms with Crippen molar-refractivity contribution in [2.45, 2.75) is 207 Å². The standard InChI is InChI=1S/C40H79NO8/c1-8-10-12-14-16-18-20-22-24-26-28-30-32-41(33-31-29-27-25-23-21-19-17-15-13-11-9-2)34-37(47-38(42)36(3)48-44-6)35-46-39(43)40(4,5)49-45-7/h36-37H,8-35H2,1-7H3. The lowest BCUT2D eigenvalue weighted by Gasteiger charge is -2.29. The highest BCUT2D eigenvalue weighted by Gasteiger charge is 2.33. The summed E-state index contributed by atoms with van der Waals surface area (Å²) >= 11 is 0. The van der Waals surface area contributed by atoms with Gasteiger partial charge in [-0.1, -0.05) is 155 Å². The maximum absolute atomic E-state index is 12.8. The number of hydrogen-bond donors (Lipinski definition) is 0. The first-order valence-electron chi connectivity index (χ1n) is 20.2. The van der Waals surface area contributed by atoms with Gasteiger partial charge in [0.2, 0.25) is 0 Å². The van der Waals surface area contributed by atoms with Crippen molar-refractivity contribution < 1.29 is 38.6 Å². The predicted molar refractivity (Wildman–Crippen MR) is 199 cm³/mol. The van der Waals surface area contributed by atoms with E-state index in [0.717, 1.165) is 25.9 Å². The Balaban J connectivity index is 4.98. The maximum Gasteiger partial charge on any atom is 0.341 e. The van der Waals surface area contributed by atoms with Gasteiger partial charge >= 0.3 is 11.9 Å². The molecular formula is C40H79NO8. The molecule has 0 fully saturated rings. The number of esters is 2. The Hall–Kier alpha value is -1.26. The highest BCUT2D eigenvalue weighted by atomic mass is 17.2. The molecule has 0 aromatic carbocycles. The molecule has 0 heterocycles. The molecule has 292 valence electrons. The van der Waals surface area contributed by atoms with E-state index in [4.69, 9.17) is 24.1 Å². The number of nitrogens with zero attached hydrogens (tertiary/aromatic N) is 1. The zero-order valence-electron chi connectivity index (χ0n) is 33.2. The maximum atomic E-state index is 12.8. The van der Waals surface area contributed by atoms with Crippen LogP contribution in [0.2, 0.25) is 0 Å². The number of hydrogen-bond acceptors (Lipinski definition) is 9. The van der Waals surface area contributed by atoms with Gasteiger partial charge in [0.1, 0.15) is 12.7 Å². The van der Waals surface area contributed by atoms with Crippen molar-refractivity contribution in [2.24, 2.45) is 0 Å². The topological polar surface area (TPSA) is 92.8 Å². The van der Waals surface area contributed by atoms with E-state index >= 15 is 0 Å². The van der Waals surface area contributed by atoms with Crippen LogP contribution < -0.4 is 0 Å². The third kappa shape index (κ3) is 29.1. The molecule has 49 heavy (non-hydrogen) atoms. The number of carbonyl (C=O) groups is 2. The molecule has 0 N–H and O–H groups in total. The molecule has 0 rings (SSSR count). The van der Waals surface area contributed by atoms with Crippen LogP contribution in [0, 0.1) is 0 Å². The van der Waals surface area contributed by atoms with E-state index in [9.17, 15) is 9.59 Å². The van der Waals surface area contributed by atoms with Crippen LogP contribution in [-0.2, 0) is 38.6 Å². The van der Waals surface area contributed by atoms with Gasteiger partial charge in [0.05, 0.1) is 14.2 Å². The van der Waals surface area contributed by atoms with Crippen LogP contribution in [0.3, 0.4) is 0 Å². The molecule has 0 bridgehead atoms. The summed E-state index contributed by atoms with van der Waals surface area (Å²) in [5, 5.41) is 0. The zero-order chi connectivity index (χ0) is 36.4. The summed E-state index contributed by atoms with van der Waals surface area (Å²) in [7, 11) is 2.70. The average molecular weight is 702 g/mol. The van der Waals surface area contributed by atoms with Crippen molar-refractivity contribution in [2.75, 3.05) is 40.5 Å². The lowest BCUT2D eigenvalue weighted by Crippen LogP contribution is -2.43. The van der Waals surface area contributed by atoms with Crippen molar-refractivity contribution in [3.8, 4) is 0 Å². The lowest BCUT2D eigenvalue weighted by molar-refractivity contribution is -0.330. The normalized spacial score (nSPS) is 13.1. The van der Waals surface area contributed by atoms with Crippen LogP contribution in [0.4, 0.5) is 0 Å². The Kier molecular flexibility index (Phi) is 33.0. The van der Waals surface area contributed by atoms with Crippen LogP contribution in [0.5, 0.6) is 0 Å². The van der Waals surface area contributed by atoms with E-state index in [1.54, 1.807) is 20.8 Å². The Labute approximate surface area is 302 Å².